The van der Waals surface area contributed by atoms with E-state index in [1.807, 2.05) is 0 Å². The predicted octanol–water partition coefficient (Wildman–Crippen LogP) is 0.567. The lowest BCUT2D eigenvalue weighted by molar-refractivity contribution is -0.249. The maximum atomic E-state index is 11.8. The topological polar surface area (TPSA) is 69.6 Å². The van der Waals surface area contributed by atoms with E-state index in [-0.39, 0.29) is 0 Å². The molecule has 0 heterocycles. The highest BCUT2D eigenvalue weighted by molar-refractivity contribution is 5.64. The molecule has 1 amide bonds. The van der Waals surface area contributed by atoms with Gasteiger partial charge in [0.05, 0.1) is 6.54 Å². The number of halogens is 3. The molecule has 0 aromatic carbocycles. The zero-order valence-corrected chi connectivity index (χ0v) is 6.14. The Bertz CT molecular complexity index is 177. The molecule has 7 heteroatoms. The molecule has 0 bridgehead atoms. The van der Waals surface area contributed by atoms with Gasteiger partial charge < -0.3 is 15.5 Å². The van der Waals surface area contributed by atoms with Crippen LogP contribution in [-0.4, -0.2) is 34.6 Å². The summed E-state index contributed by atoms with van der Waals surface area (Å²) < 4.78 is 35.4. The van der Waals surface area contributed by atoms with Gasteiger partial charge in [0.25, 0.3) is 0 Å². The molecule has 0 radical (unpaired) electrons. The molecular weight excluding hydrogens is 179 g/mol. The Morgan fingerprint density at radius 3 is 2.17 bits per heavy atom. The highest BCUT2D eigenvalue weighted by atomic mass is 19.4. The van der Waals surface area contributed by atoms with Gasteiger partial charge >= 0.3 is 12.3 Å². The van der Waals surface area contributed by atoms with Gasteiger partial charge in [-0.25, -0.2) is 4.79 Å². The van der Waals surface area contributed by atoms with E-state index in [0.29, 0.717) is 6.92 Å². The van der Waals surface area contributed by atoms with Crippen LogP contribution in [0, 0.1) is 0 Å². The zero-order valence-electron chi connectivity index (χ0n) is 6.14. The van der Waals surface area contributed by atoms with E-state index in [2.05, 4.69) is 0 Å². The van der Waals surface area contributed by atoms with Crippen LogP contribution in [-0.2, 0) is 0 Å². The number of carbonyl (C=O) groups is 1. The minimum absolute atomic E-state index is 0.489. The first-order chi connectivity index (χ1) is 5.17. The molecule has 3 N–H and O–H groups in total. The van der Waals surface area contributed by atoms with Crippen molar-refractivity contribution in [2.75, 3.05) is 6.54 Å². The van der Waals surface area contributed by atoms with Crippen molar-refractivity contribution in [2.24, 2.45) is 0 Å². The van der Waals surface area contributed by atoms with Crippen molar-refractivity contribution < 1.29 is 28.2 Å². The fourth-order valence-electron chi connectivity index (χ4n) is 0.348. The second-order valence-corrected chi connectivity index (χ2v) is 2.43. The number of alkyl halides is 3. The standard InChI is InChI=1S/C5H8F3NO3/c1-4(12,5(6,7)8)2-9-3(10)11/h9,12H,2H2,1H3,(H,10,11)/t4-/m0/s1. The first kappa shape index (κ1) is 11.0. The quantitative estimate of drug-likeness (QED) is 0.591. The summed E-state index contributed by atoms with van der Waals surface area (Å²) in [4.78, 5) is 9.78. The number of hydrogen-bond donors (Lipinski definition) is 3. The van der Waals surface area contributed by atoms with E-state index in [1.54, 1.807) is 0 Å². The largest absolute Gasteiger partial charge is 0.465 e. The van der Waals surface area contributed by atoms with Gasteiger partial charge in [-0.1, -0.05) is 0 Å². The zero-order chi connectivity index (χ0) is 9.99. The Labute approximate surface area is 66.0 Å². The number of rotatable bonds is 2. The van der Waals surface area contributed by atoms with E-state index < -0.39 is 24.4 Å². The Hall–Kier alpha value is -0.980. The minimum Gasteiger partial charge on any atom is -0.465 e. The fourth-order valence-corrected chi connectivity index (χ4v) is 0.348. The Kier molecular flexibility index (Phi) is 2.92. The molecule has 0 fully saturated rings. The monoisotopic (exact) mass is 187 g/mol. The van der Waals surface area contributed by atoms with Gasteiger partial charge in [0, 0.05) is 0 Å². The molecular formula is C5H8F3NO3. The predicted molar refractivity (Wildman–Crippen MR) is 32.7 cm³/mol. The molecule has 72 valence electrons. The van der Waals surface area contributed by atoms with E-state index in [9.17, 15) is 18.0 Å². The summed E-state index contributed by atoms with van der Waals surface area (Å²) in [7, 11) is 0. The van der Waals surface area contributed by atoms with Crippen molar-refractivity contribution in [1.29, 1.82) is 0 Å². The molecule has 0 aromatic rings. The lowest BCUT2D eigenvalue weighted by atomic mass is 10.1. The van der Waals surface area contributed by atoms with Crippen molar-refractivity contribution in [3.63, 3.8) is 0 Å². The molecule has 1 atom stereocenters. The molecule has 0 aliphatic carbocycles. The van der Waals surface area contributed by atoms with Crippen molar-refractivity contribution in [2.45, 2.75) is 18.7 Å². The molecule has 0 aliphatic heterocycles. The molecule has 0 aliphatic rings. The highest BCUT2D eigenvalue weighted by Gasteiger charge is 2.49. The second kappa shape index (κ2) is 3.18. The average Bonchev–Trinajstić information content (AvgIpc) is 1.81. The van der Waals surface area contributed by atoms with Gasteiger partial charge in [-0.3, -0.25) is 0 Å². The Balaban J connectivity index is 4.14. The van der Waals surface area contributed by atoms with Crippen LogP contribution >= 0.6 is 0 Å². The van der Waals surface area contributed by atoms with Gasteiger partial charge in [-0.2, -0.15) is 13.2 Å². The molecule has 12 heavy (non-hydrogen) atoms. The molecule has 0 unspecified atom stereocenters. The molecule has 0 spiro atoms. The summed E-state index contributed by atoms with van der Waals surface area (Å²) >= 11 is 0. The lowest BCUT2D eigenvalue weighted by Gasteiger charge is -2.25. The van der Waals surface area contributed by atoms with Crippen LogP contribution in [0.3, 0.4) is 0 Å². The van der Waals surface area contributed by atoms with Crippen LogP contribution in [0.15, 0.2) is 0 Å². The van der Waals surface area contributed by atoms with E-state index in [0.717, 1.165) is 0 Å². The van der Waals surface area contributed by atoms with Gasteiger partial charge in [-0.15, -0.1) is 0 Å². The SMILES string of the molecule is C[C@](O)(CNC(=O)O)C(F)(F)F. The van der Waals surface area contributed by atoms with Gasteiger partial charge in [0.15, 0.2) is 5.60 Å². The van der Waals surface area contributed by atoms with Crippen molar-refractivity contribution in [3.05, 3.63) is 0 Å². The van der Waals surface area contributed by atoms with Crippen LogP contribution in [0.4, 0.5) is 18.0 Å². The van der Waals surface area contributed by atoms with E-state index in [1.165, 1.54) is 5.32 Å². The number of amides is 1. The third-order valence-corrected chi connectivity index (χ3v) is 1.19. The normalized spacial score (nSPS) is 16.8. The number of carboxylic acid groups (broad SMARTS) is 1. The maximum Gasteiger partial charge on any atom is 0.418 e. The molecule has 0 saturated heterocycles. The number of aliphatic hydroxyl groups is 1. The van der Waals surface area contributed by atoms with Gasteiger partial charge in [-0.05, 0) is 6.92 Å². The molecule has 0 saturated carbocycles. The summed E-state index contributed by atoms with van der Waals surface area (Å²) in [6.45, 7) is -0.589. The smallest absolute Gasteiger partial charge is 0.418 e. The fraction of sp³-hybridized carbons (Fsp3) is 0.800. The van der Waals surface area contributed by atoms with Gasteiger partial charge in [0.1, 0.15) is 0 Å². The maximum absolute atomic E-state index is 11.8. The first-order valence-corrected chi connectivity index (χ1v) is 2.93. The highest BCUT2D eigenvalue weighted by Crippen LogP contribution is 2.28. The Morgan fingerprint density at radius 2 is 1.92 bits per heavy atom. The van der Waals surface area contributed by atoms with E-state index in [4.69, 9.17) is 10.2 Å². The minimum atomic E-state index is -4.84. The summed E-state index contributed by atoms with van der Waals surface area (Å²) in [6, 6.07) is 0. The average molecular weight is 187 g/mol. The van der Waals surface area contributed by atoms with Crippen LogP contribution in [0.1, 0.15) is 6.92 Å². The van der Waals surface area contributed by atoms with Crippen molar-refractivity contribution in [1.82, 2.24) is 5.32 Å². The molecule has 0 rings (SSSR count). The summed E-state index contributed by atoms with van der Waals surface area (Å²) in [6.07, 6.45) is -6.45. The van der Waals surface area contributed by atoms with Crippen LogP contribution in [0.5, 0.6) is 0 Å². The lowest BCUT2D eigenvalue weighted by Crippen LogP contribution is -2.50. The third kappa shape index (κ3) is 2.95. The van der Waals surface area contributed by atoms with Crippen LogP contribution < -0.4 is 5.32 Å². The van der Waals surface area contributed by atoms with Crippen LogP contribution in [0.25, 0.3) is 0 Å². The summed E-state index contributed by atoms with van der Waals surface area (Å²) in [5, 5.41) is 18.0. The summed E-state index contributed by atoms with van der Waals surface area (Å²) in [5.74, 6) is 0. The van der Waals surface area contributed by atoms with Crippen molar-refractivity contribution in [3.8, 4) is 0 Å². The second-order valence-electron chi connectivity index (χ2n) is 2.43. The number of nitrogens with one attached hydrogen (secondary N) is 1. The van der Waals surface area contributed by atoms with Gasteiger partial charge in [0.2, 0.25) is 0 Å². The first-order valence-electron chi connectivity index (χ1n) is 2.93. The molecule has 0 aromatic heterocycles. The third-order valence-electron chi connectivity index (χ3n) is 1.19. The Morgan fingerprint density at radius 1 is 1.50 bits per heavy atom. The van der Waals surface area contributed by atoms with Crippen LogP contribution in [0.2, 0.25) is 0 Å². The van der Waals surface area contributed by atoms with Crippen molar-refractivity contribution >= 4 is 6.09 Å². The van der Waals surface area contributed by atoms with E-state index >= 15 is 0 Å². The summed E-state index contributed by atoms with van der Waals surface area (Å²) in [5.41, 5.74) is -3.02. The number of hydrogen-bond acceptors (Lipinski definition) is 2. The molecule has 4 nitrogen and oxygen atoms in total.